The minimum Gasteiger partial charge on any atom is -0.466 e. The van der Waals surface area contributed by atoms with Gasteiger partial charge in [-0.1, -0.05) is 6.07 Å². The molecule has 2 aromatic rings. The van der Waals surface area contributed by atoms with Gasteiger partial charge in [0.15, 0.2) is 5.58 Å². The molecule has 2 rings (SSSR count). The summed E-state index contributed by atoms with van der Waals surface area (Å²) in [6.45, 7) is 1.82. The maximum Gasteiger partial charge on any atom is 0.420 e. The number of halogens is 3. The fraction of sp³-hybridized carbons (Fsp3) is 0.333. The van der Waals surface area contributed by atoms with Crippen LogP contribution in [0.5, 0.6) is 0 Å². The molecular formula is C12H10F3NO3. The van der Waals surface area contributed by atoms with Crippen LogP contribution < -0.4 is 0 Å². The lowest BCUT2D eigenvalue weighted by Gasteiger charge is -2.05. The van der Waals surface area contributed by atoms with E-state index in [2.05, 4.69) is 9.72 Å². The van der Waals surface area contributed by atoms with Gasteiger partial charge >= 0.3 is 12.1 Å². The van der Waals surface area contributed by atoms with Crippen LogP contribution in [0.4, 0.5) is 13.2 Å². The molecule has 0 spiro atoms. The van der Waals surface area contributed by atoms with E-state index in [1.165, 1.54) is 12.1 Å². The molecule has 0 unspecified atom stereocenters. The summed E-state index contributed by atoms with van der Waals surface area (Å²) in [5.41, 5.74) is -1.21. The minimum absolute atomic E-state index is 0.0640. The summed E-state index contributed by atoms with van der Waals surface area (Å²) in [5, 5.41) is 0. The number of fused-ring (bicyclic) bond motifs is 1. The highest BCUT2D eigenvalue weighted by atomic mass is 19.4. The lowest BCUT2D eigenvalue weighted by molar-refractivity contribution is -0.142. The Morgan fingerprint density at radius 2 is 2.16 bits per heavy atom. The van der Waals surface area contributed by atoms with Crippen LogP contribution in [0.15, 0.2) is 22.6 Å². The summed E-state index contributed by atoms with van der Waals surface area (Å²) in [7, 11) is 0. The van der Waals surface area contributed by atoms with Crippen molar-refractivity contribution in [3.63, 3.8) is 0 Å². The predicted octanol–water partition coefficient (Wildman–Crippen LogP) is 2.95. The minimum atomic E-state index is -4.53. The maximum absolute atomic E-state index is 12.7. The number of para-hydroxylation sites is 1. The van der Waals surface area contributed by atoms with E-state index in [9.17, 15) is 18.0 Å². The smallest absolute Gasteiger partial charge is 0.420 e. The quantitative estimate of drug-likeness (QED) is 0.807. The fourth-order valence-electron chi connectivity index (χ4n) is 1.63. The number of oxazole rings is 1. The number of carbonyl (C=O) groups is 1. The number of hydrogen-bond donors (Lipinski definition) is 0. The van der Waals surface area contributed by atoms with Crippen LogP contribution in [0, 0.1) is 0 Å². The monoisotopic (exact) mass is 273 g/mol. The van der Waals surface area contributed by atoms with E-state index >= 15 is 0 Å². The Balaban J connectivity index is 2.38. The van der Waals surface area contributed by atoms with Crippen LogP contribution in [-0.4, -0.2) is 17.6 Å². The first-order valence-corrected chi connectivity index (χ1v) is 5.53. The lowest BCUT2D eigenvalue weighted by atomic mass is 10.2. The summed E-state index contributed by atoms with van der Waals surface area (Å²) < 4.78 is 47.9. The number of benzene rings is 1. The topological polar surface area (TPSA) is 52.3 Å². The highest BCUT2D eigenvalue weighted by Gasteiger charge is 2.34. The van der Waals surface area contributed by atoms with E-state index in [1.54, 1.807) is 6.92 Å². The standard InChI is InChI=1S/C12H10F3NO3/c1-2-18-10(17)6-9-16-8-5-3-4-7(11(8)19-9)12(13,14)15/h3-5H,2,6H2,1H3. The number of rotatable bonds is 3. The normalized spacial score (nSPS) is 11.8. The Kier molecular flexibility index (Phi) is 3.46. The van der Waals surface area contributed by atoms with Gasteiger partial charge in [-0.05, 0) is 19.1 Å². The molecule has 0 radical (unpaired) electrons. The second-order valence-corrected chi connectivity index (χ2v) is 3.74. The molecule has 0 aliphatic rings. The molecule has 0 saturated carbocycles. The van der Waals surface area contributed by atoms with E-state index in [4.69, 9.17) is 4.42 Å². The van der Waals surface area contributed by atoms with Gasteiger partial charge in [-0.25, -0.2) is 4.98 Å². The number of carbonyl (C=O) groups excluding carboxylic acids is 1. The van der Waals surface area contributed by atoms with Gasteiger partial charge < -0.3 is 9.15 Å². The molecule has 0 bridgehead atoms. The first-order valence-electron chi connectivity index (χ1n) is 5.53. The molecule has 0 fully saturated rings. The third kappa shape index (κ3) is 2.86. The van der Waals surface area contributed by atoms with Crippen molar-refractivity contribution in [3.05, 3.63) is 29.7 Å². The van der Waals surface area contributed by atoms with Crippen molar-refractivity contribution in [3.8, 4) is 0 Å². The van der Waals surface area contributed by atoms with Gasteiger partial charge in [0, 0.05) is 0 Å². The Morgan fingerprint density at radius 3 is 2.79 bits per heavy atom. The summed E-state index contributed by atoms with van der Waals surface area (Å²) in [6.07, 6.45) is -4.82. The molecule has 0 saturated heterocycles. The highest BCUT2D eigenvalue weighted by Crippen LogP contribution is 2.34. The molecule has 0 aliphatic heterocycles. The molecule has 4 nitrogen and oxygen atoms in total. The molecular weight excluding hydrogens is 263 g/mol. The molecule has 1 aromatic carbocycles. The molecule has 19 heavy (non-hydrogen) atoms. The van der Waals surface area contributed by atoms with Gasteiger partial charge in [-0.2, -0.15) is 13.2 Å². The van der Waals surface area contributed by atoms with Crippen molar-refractivity contribution in [2.75, 3.05) is 6.61 Å². The van der Waals surface area contributed by atoms with Crippen molar-refractivity contribution in [2.24, 2.45) is 0 Å². The molecule has 0 aliphatic carbocycles. The molecule has 0 atom stereocenters. The zero-order valence-corrected chi connectivity index (χ0v) is 9.95. The largest absolute Gasteiger partial charge is 0.466 e. The van der Waals surface area contributed by atoms with Gasteiger partial charge in [-0.3, -0.25) is 4.79 Å². The van der Waals surface area contributed by atoms with Gasteiger partial charge in [0.25, 0.3) is 0 Å². The van der Waals surface area contributed by atoms with Crippen LogP contribution >= 0.6 is 0 Å². The van der Waals surface area contributed by atoms with Crippen LogP contribution in [-0.2, 0) is 22.1 Å². The van der Waals surface area contributed by atoms with Crippen LogP contribution in [0.3, 0.4) is 0 Å². The van der Waals surface area contributed by atoms with Gasteiger partial charge in [-0.15, -0.1) is 0 Å². The van der Waals surface area contributed by atoms with Crippen LogP contribution in [0.2, 0.25) is 0 Å². The molecule has 0 N–H and O–H groups in total. The van der Waals surface area contributed by atoms with Gasteiger partial charge in [0.1, 0.15) is 17.5 Å². The summed E-state index contributed by atoms with van der Waals surface area (Å²) in [5.74, 6) is -0.687. The summed E-state index contributed by atoms with van der Waals surface area (Å²) in [4.78, 5) is 15.1. The molecule has 102 valence electrons. The number of alkyl halides is 3. The second kappa shape index (κ2) is 4.91. The fourth-order valence-corrected chi connectivity index (χ4v) is 1.63. The van der Waals surface area contributed by atoms with Gasteiger partial charge in [0.2, 0.25) is 5.89 Å². The van der Waals surface area contributed by atoms with E-state index < -0.39 is 17.7 Å². The first kappa shape index (κ1) is 13.4. The van der Waals surface area contributed by atoms with Crippen molar-refractivity contribution in [1.82, 2.24) is 4.98 Å². The first-order chi connectivity index (χ1) is 8.91. The third-order valence-electron chi connectivity index (χ3n) is 2.37. The Morgan fingerprint density at radius 1 is 1.42 bits per heavy atom. The number of nitrogens with zero attached hydrogens (tertiary/aromatic N) is 1. The predicted molar refractivity (Wildman–Crippen MR) is 59.3 cm³/mol. The average Bonchev–Trinajstić information content (AvgIpc) is 2.69. The zero-order chi connectivity index (χ0) is 14.0. The molecule has 0 amide bonds. The van der Waals surface area contributed by atoms with Crippen molar-refractivity contribution < 1.29 is 27.1 Å². The molecule has 7 heteroatoms. The second-order valence-electron chi connectivity index (χ2n) is 3.74. The zero-order valence-electron chi connectivity index (χ0n) is 9.95. The van der Waals surface area contributed by atoms with Crippen molar-refractivity contribution in [1.29, 1.82) is 0 Å². The SMILES string of the molecule is CCOC(=O)Cc1nc2cccc(C(F)(F)F)c2o1. The average molecular weight is 273 g/mol. The lowest BCUT2D eigenvalue weighted by Crippen LogP contribution is -2.07. The van der Waals surface area contributed by atoms with E-state index in [1.807, 2.05) is 0 Å². The highest BCUT2D eigenvalue weighted by molar-refractivity contribution is 5.78. The van der Waals surface area contributed by atoms with Crippen molar-refractivity contribution >= 4 is 17.1 Å². The van der Waals surface area contributed by atoms with E-state index in [-0.39, 0.29) is 30.0 Å². The van der Waals surface area contributed by atoms with E-state index in [0.29, 0.717) is 0 Å². The number of ether oxygens (including phenoxy) is 1. The van der Waals surface area contributed by atoms with Crippen LogP contribution in [0.25, 0.3) is 11.1 Å². The van der Waals surface area contributed by atoms with Crippen LogP contribution in [0.1, 0.15) is 18.4 Å². The number of aromatic nitrogens is 1. The number of esters is 1. The Bertz CT molecular complexity index is 604. The van der Waals surface area contributed by atoms with E-state index in [0.717, 1.165) is 6.07 Å². The molecule has 1 heterocycles. The Hall–Kier alpha value is -2.05. The summed E-state index contributed by atoms with van der Waals surface area (Å²) in [6, 6.07) is 3.53. The third-order valence-corrected chi connectivity index (χ3v) is 2.37. The summed E-state index contributed by atoms with van der Waals surface area (Å²) >= 11 is 0. The maximum atomic E-state index is 12.7. The number of hydrogen-bond acceptors (Lipinski definition) is 4. The van der Waals surface area contributed by atoms with Gasteiger partial charge in [0.05, 0.1) is 6.61 Å². The Labute approximate surface area is 106 Å². The van der Waals surface area contributed by atoms with Crippen molar-refractivity contribution in [2.45, 2.75) is 19.5 Å². The molecule has 1 aromatic heterocycles.